The Bertz CT molecular complexity index is 731. The van der Waals surface area contributed by atoms with E-state index in [1.54, 1.807) is 34.0 Å². The van der Waals surface area contributed by atoms with Crippen LogP contribution in [-0.2, 0) is 0 Å². The van der Waals surface area contributed by atoms with Crippen molar-refractivity contribution in [2.75, 3.05) is 19.6 Å². The van der Waals surface area contributed by atoms with Crippen LogP contribution in [0.15, 0.2) is 36.5 Å². The molecule has 1 unspecified atom stereocenters. The van der Waals surface area contributed by atoms with Gasteiger partial charge in [-0.3, -0.25) is 14.9 Å². The van der Waals surface area contributed by atoms with E-state index in [1.807, 2.05) is 6.92 Å². The molecule has 1 aliphatic rings. The predicted octanol–water partition coefficient (Wildman–Crippen LogP) is 1.64. The highest BCUT2D eigenvalue weighted by Crippen LogP contribution is 2.15. The summed E-state index contributed by atoms with van der Waals surface area (Å²) in [5.41, 5.74) is 1.06. The highest BCUT2D eigenvalue weighted by molar-refractivity contribution is 5.92. The normalized spacial score (nSPS) is 17.2. The number of hydrogen-bond acceptors (Lipinski definition) is 5. The van der Waals surface area contributed by atoms with Crippen LogP contribution in [0.2, 0.25) is 0 Å². The van der Waals surface area contributed by atoms with Gasteiger partial charge in [-0.15, -0.1) is 12.4 Å². The highest BCUT2D eigenvalue weighted by atomic mass is 35.5. The van der Waals surface area contributed by atoms with E-state index in [9.17, 15) is 14.9 Å². The number of carbonyl (C=O) groups is 1. The van der Waals surface area contributed by atoms with E-state index in [1.165, 1.54) is 12.1 Å². The molecule has 2 aromatic rings. The first-order valence-corrected chi connectivity index (χ1v) is 7.38. The number of non-ortho nitro benzene ring substituents is 1. The van der Waals surface area contributed by atoms with Crippen LogP contribution >= 0.6 is 12.4 Å². The van der Waals surface area contributed by atoms with Crippen molar-refractivity contribution in [2.45, 2.75) is 13.0 Å². The molecule has 1 aromatic heterocycles. The largest absolute Gasteiger partial charge is 0.334 e. The second kappa shape index (κ2) is 7.41. The molecule has 0 bridgehead atoms. The highest BCUT2D eigenvalue weighted by Gasteiger charge is 2.23. The van der Waals surface area contributed by atoms with Crippen molar-refractivity contribution in [3.8, 4) is 5.69 Å². The lowest BCUT2D eigenvalue weighted by Crippen LogP contribution is -2.51. The fourth-order valence-corrected chi connectivity index (χ4v) is 2.59. The van der Waals surface area contributed by atoms with E-state index < -0.39 is 4.92 Å². The number of piperazine rings is 1. The van der Waals surface area contributed by atoms with Gasteiger partial charge in [-0.1, -0.05) is 0 Å². The Kier molecular flexibility index (Phi) is 5.53. The summed E-state index contributed by atoms with van der Waals surface area (Å²) >= 11 is 0. The van der Waals surface area contributed by atoms with E-state index in [0.29, 0.717) is 24.5 Å². The van der Waals surface area contributed by atoms with Crippen molar-refractivity contribution < 1.29 is 9.72 Å². The molecule has 128 valence electrons. The van der Waals surface area contributed by atoms with Crippen LogP contribution in [0.5, 0.6) is 0 Å². The zero-order chi connectivity index (χ0) is 16.4. The van der Waals surface area contributed by atoms with Crippen molar-refractivity contribution in [1.82, 2.24) is 20.0 Å². The Hall–Kier alpha value is -2.45. The topological polar surface area (TPSA) is 93.3 Å². The zero-order valence-electron chi connectivity index (χ0n) is 13.1. The second-order valence-electron chi connectivity index (χ2n) is 5.53. The SMILES string of the molecule is CC1CN(C(=O)c2ccn(-c3ccc([N+](=O)[O-])cc3)n2)CCN1.Cl. The molecule has 24 heavy (non-hydrogen) atoms. The first-order chi connectivity index (χ1) is 11.0. The molecule has 3 rings (SSSR count). The van der Waals surface area contributed by atoms with E-state index >= 15 is 0 Å². The number of nitrogens with one attached hydrogen (secondary N) is 1. The van der Waals surface area contributed by atoms with Crippen molar-refractivity contribution in [3.05, 3.63) is 52.3 Å². The number of amides is 1. The fourth-order valence-electron chi connectivity index (χ4n) is 2.59. The molecule has 8 nitrogen and oxygen atoms in total. The van der Waals surface area contributed by atoms with Crippen LogP contribution in [-0.4, -0.2) is 51.2 Å². The number of carbonyl (C=O) groups excluding carboxylic acids is 1. The number of nitro benzene ring substituents is 1. The first-order valence-electron chi connectivity index (χ1n) is 7.38. The Balaban J connectivity index is 0.00000208. The van der Waals surface area contributed by atoms with E-state index in [4.69, 9.17) is 0 Å². The minimum Gasteiger partial charge on any atom is -0.334 e. The molecule has 0 radical (unpaired) electrons. The number of aromatic nitrogens is 2. The maximum atomic E-state index is 12.5. The molecule has 0 saturated carbocycles. The molecule has 0 aliphatic carbocycles. The van der Waals surface area contributed by atoms with Gasteiger partial charge >= 0.3 is 0 Å². The third-order valence-corrected chi connectivity index (χ3v) is 3.79. The zero-order valence-corrected chi connectivity index (χ0v) is 13.9. The molecule has 1 atom stereocenters. The van der Waals surface area contributed by atoms with Crippen LogP contribution in [0, 0.1) is 10.1 Å². The minimum absolute atomic E-state index is 0. The first kappa shape index (κ1) is 17.9. The van der Waals surface area contributed by atoms with Gasteiger partial charge in [-0.05, 0) is 25.1 Å². The lowest BCUT2D eigenvalue weighted by atomic mass is 10.2. The van der Waals surface area contributed by atoms with Crippen LogP contribution in [0.3, 0.4) is 0 Å². The van der Waals surface area contributed by atoms with Gasteiger partial charge in [0.1, 0.15) is 0 Å². The monoisotopic (exact) mass is 351 g/mol. The minimum atomic E-state index is -0.451. The van der Waals surface area contributed by atoms with E-state index in [2.05, 4.69) is 10.4 Å². The maximum absolute atomic E-state index is 12.5. The van der Waals surface area contributed by atoms with Crippen LogP contribution in [0.1, 0.15) is 17.4 Å². The summed E-state index contributed by atoms with van der Waals surface area (Å²) in [4.78, 5) is 24.5. The number of benzene rings is 1. The number of halogens is 1. The number of hydrogen-bond donors (Lipinski definition) is 1. The summed E-state index contributed by atoms with van der Waals surface area (Å²) in [6, 6.07) is 7.96. The standard InChI is InChI=1S/C15H17N5O3.ClH/c1-11-10-18(9-7-16-11)15(21)14-6-8-19(17-14)12-2-4-13(5-3-12)20(22)23;/h2-6,8,11,16H,7,9-10H2,1H3;1H. The summed E-state index contributed by atoms with van der Waals surface area (Å²) in [7, 11) is 0. The van der Waals surface area contributed by atoms with Crippen LogP contribution in [0.25, 0.3) is 5.69 Å². The van der Waals surface area contributed by atoms with Gasteiger partial charge in [0.05, 0.1) is 10.6 Å². The van der Waals surface area contributed by atoms with Crippen LogP contribution < -0.4 is 5.32 Å². The summed E-state index contributed by atoms with van der Waals surface area (Å²) in [5, 5.41) is 18.3. The van der Waals surface area contributed by atoms with Gasteiger partial charge in [0.25, 0.3) is 11.6 Å². The Labute approximate surface area is 145 Å². The Morgan fingerprint density at radius 3 is 2.67 bits per heavy atom. The average Bonchev–Trinajstić information content (AvgIpc) is 3.04. The Morgan fingerprint density at radius 1 is 1.33 bits per heavy atom. The maximum Gasteiger partial charge on any atom is 0.274 e. The molecule has 1 aromatic carbocycles. The van der Waals surface area contributed by atoms with E-state index in [-0.39, 0.29) is 30.0 Å². The molecule has 1 saturated heterocycles. The third-order valence-electron chi connectivity index (χ3n) is 3.79. The number of rotatable bonds is 3. The summed E-state index contributed by atoms with van der Waals surface area (Å²) in [5.74, 6) is -0.0981. The molecule has 2 heterocycles. The molecule has 0 spiro atoms. The molecular weight excluding hydrogens is 334 g/mol. The van der Waals surface area contributed by atoms with E-state index in [0.717, 1.165) is 6.54 Å². The molecule has 1 aliphatic heterocycles. The van der Waals surface area contributed by atoms with Gasteiger partial charge in [0, 0.05) is 44.0 Å². The average molecular weight is 352 g/mol. The third kappa shape index (κ3) is 3.72. The number of nitro groups is 1. The molecule has 1 N–H and O–H groups in total. The van der Waals surface area contributed by atoms with Gasteiger partial charge in [0.15, 0.2) is 5.69 Å². The lowest BCUT2D eigenvalue weighted by Gasteiger charge is -2.31. The predicted molar refractivity (Wildman–Crippen MR) is 90.8 cm³/mol. The Morgan fingerprint density at radius 2 is 2.04 bits per heavy atom. The second-order valence-corrected chi connectivity index (χ2v) is 5.53. The summed E-state index contributed by atoms with van der Waals surface area (Å²) in [6.07, 6.45) is 1.68. The molecule has 1 fully saturated rings. The van der Waals surface area contributed by atoms with Gasteiger partial charge in [-0.2, -0.15) is 5.10 Å². The van der Waals surface area contributed by atoms with Gasteiger partial charge < -0.3 is 10.2 Å². The lowest BCUT2D eigenvalue weighted by molar-refractivity contribution is -0.384. The van der Waals surface area contributed by atoms with Gasteiger partial charge in [0.2, 0.25) is 0 Å². The fraction of sp³-hybridized carbons (Fsp3) is 0.333. The van der Waals surface area contributed by atoms with Crippen molar-refractivity contribution >= 4 is 24.0 Å². The molecule has 9 heteroatoms. The quantitative estimate of drug-likeness (QED) is 0.670. The molecular formula is C15H18ClN5O3. The van der Waals surface area contributed by atoms with Crippen molar-refractivity contribution in [2.24, 2.45) is 0 Å². The van der Waals surface area contributed by atoms with Crippen molar-refractivity contribution in [1.29, 1.82) is 0 Å². The summed E-state index contributed by atoms with van der Waals surface area (Å²) in [6.45, 7) is 4.13. The van der Waals surface area contributed by atoms with Gasteiger partial charge in [-0.25, -0.2) is 4.68 Å². The smallest absolute Gasteiger partial charge is 0.274 e. The van der Waals surface area contributed by atoms with Crippen LogP contribution in [0.4, 0.5) is 5.69 Å². The van der Waals surface area contributed by atoms with Crippen molar-refractivity contribution in [3.63, 3.8) is 0 Å². The molecule has 1 amide bonds. The summed E-state index contributed by atoms with van der Waals surface area (Å²) < 4.78 is 1.54. The number of nitrogens with zero attached hydrogens (tertiary/aromatic N) is 4.